The molecule has 1 aromatic carbocycles. The average molecular weight is 265 g/mol. The molecular formula is C16H27NO2. The normalized spacial score (nSPS) is 14.4. The lowest BCUT2D eigenvalue weighted by atomic mass is 10.0. The molecule has 108 valence electrons. The van der Waals surface area contributed by atoms with E-state index in [0.717, 1.165) is 18.8 Å². The van der Waals surface area contributed by atoms with Crippen molar-refractivity contribution in [2.24, 2.45) is 5.92 Å². The largest absolute Gasteiger partial charge is 0.497 e. The van der Waals surface area contributed by atoms with Crippen LogP contribution in [0.2, 0.25) is 0 Å². The Bertz CT molecular complexity index is 348. The summed E-state index contributed by atoms with van der Waals surface area (Å²) in [6, 6.07) is 9.10. The maximum atomic E-state index is 5.27. The smallest absolute Gasteiger partial charge is 0.118 e. The van der Waals surface area contributed by atoms with E-state index in [0.29, 0.717) is 18.0 Å². The van der Waals surface area contributed by atoms with E-state index in [1.807, 2.05) is 12.1 Å². The summed E-state index contributed by atoms with van der Waals surface area (Å²) in [5.74, 6) is 1.47. The van der Waals surface area contributed by atoms with Gasteiger partial charge in [-0.25, -0.2) is 0 Å². The van der Waals surface area contributed by atoms with Crippen molar-refractivity contribution in [3.05, 3.63) is 29.8 Å². The van der Waals surface area contributed by atoms with Crippen molar-refractivity contribution in [3.8, 4) is 5.75 Å². The van der Waals surface area contributed by atoms with Crippen molar-refractivity contribution in [1.29, 1.82) is 0 Å². The molecule has 1 rings (SSSR count). The van der Waals surface area contributed by atoms with Crippen LogP contribution >= 0.6 is 0 Å². The molecule has 0 amide bonds. The third-order valence-electron chi connectivity index (χ3n) is 3.35. The van der Waals surface area contributed by atoms with Crippen LogP contribution in [0.3, 0.4) is 0 Å². The first-order valence-electron chi connectivity index (χ1n) is 6.94. The number of benzene rings is 1. The molecule has 0 saturated heterocycles. The number of ether oxygens (including phenoxy) is 2. The second-order valence-corrected chi connectivity index (χ2v) is 5.43. The topological polar surface area (TPSA) is 30.5 Å². The molecule has 0 aliphatic rings. The van der Waals surface area contributed by atoms with Gasteiger partial charge in [0.2, 0.25) is 0 Å². The summed E-state index contributed by atoms with van der Waals surface area (Å²) in [6.45, 7) is 7.41. The second kappa shape index (κ2) is 8.18. The molecule has 3 nitrogen and oxygen atoms in total. The van der Waals surface area contributed by atoms with Crippen LogP contribution < -0.4 is 10.1 Å². The Morgan fingerprint density at radius 3 is 2.16 bits per heavy atom. The van der Waals surface area contributed by atoms with Gasteiger partial charge in [0.05, 0.1) is 13.7 Å². The Hall–Kier alpha value is -1.06. The van der Waals surface area contributed by atoms with E-state index in [-0.39, 0.29) is 0 Å². The zero-order valence-electron chi connectivity index (χ0n) is 12.8. The first-order valence-corrected chi connectivity index (χ1v) is 6.94. The Morgan fingerprint density at radius 1 is 1.05 bits per heavy atom. The lowest BCUT2D eigenvalue weighted by molar-refractivity contribution is 0.141. The van der Waals surface area contributed by atoms with Gasteiger partial charge in [0.1, 0.15) is 5.75 Å². The number of methoxy groups -OCH3 is 2. The van der Waals surface area contributed by atoms with E-state index < -0.39 is 0 Å². The van der Waals surface area contributed by atoms with Gasteiger partial charge in [-0.3, -0.25) is 0 Å². The summed E-state index contributed by atoms with van der Waals surface area (Å²) in [7, 11) is 3.45. The minimum atomic E-state index is 0.401. The predicted molar refractivity (Wildman–Crippen MR) is 79.8 cm³/mol. The molecule has 19 heavy (non-hydrogen) atoms. The fraction of sp³-hybridized carbons (Fsp3) is 0.625. The van der Waals surface area contributed by atoms with Crippen molar-refractivity contribution in [3.63, 3.8) is 0 Å². The minimum absolute atomic E-state index is 0.401. The molecule has 0 aliphatic heterocycles. The lowest BCUT2D eigenvalue weighted by Crippen LogP contribution is -2.43. The molecule has 0 heterocycles. The highest BCUT2D eigenvalue weighted by Crippen LogP contribution is 2.13. The van der Waals surface area contributed by atoms with Crippen molar-refractivity contribution in [1.82, 2.24) is 5.32 Å². The van der Waals surface area contributed by atoms with E-state index in [1.54, 1.807) is 14.2 Å². The molecule has 2 unspecified atom stereocenters. The van der Waals surface area contributed by atoms with Crippen LogP contribution in [0.15, 0.2) is 24.3 Å². The molecule has 0 saturated carbocycles. The SMILES string of the molecule is COCC(NC(C)Cc1ccc(OC)cc1)C(C)C. The molecule has 0 aromatic heterocycles. The Labute approximate surface area is 117 Å². The monoisotopic (exact) mass is 265 g/mol. The van der Waals surface area contributed by atoms with E-state index >= 15 is 0 Å². The lowest BCUT2D eigenvalue weighted by Gasteiger charge is -2.26. The summed E-state index contributed by atoms with van der Waals surface area (Å²) in [5.41, 5.74) is 1.32. The Kier molecular flexibility index (Phi) is 6.89. The van der Waals surface area contributed by atoms with Gasteiger partial charge in [0, 0.05) is 19.2 Å². The van der Waals surface area contributed by atoms with Crippen molar-refractivity contribution >= 4 is 0 Å². The summed E-state index contributed by atoms with van der Waals surface area (Å²) in [6.07, 6.45) is 1.01. The maximum absolute atomic E-state index is 5.27. The molecule has 0 bridgehead atoms. The second-order valence-electron chi connectivity index (χ2n) is 5.43. The fourth-order valence-electron chi connectivity index (χ4n) is 2.15. The van der Waals surface area contributed by atoms with Crippen LogP contribution in [0.4, 0.5) is 0 Å². The quantitative estimate of drug-likeness (QED) is 0.784. The molecule has 3 heteroatoms. The van der Waals surface area contributed by atoms with E-state index in [2.05, 4.69) is 38.2 Å². The van der Waals surface area contributed by atoms with Gasteiger partial charge >= 0.3 is 0 Å². The summed E-state index contributed by atoms with van der Waals surface area (Å²) >= 11 is 0. The van der Waals surface area contributed by atoms with Crippen LogP contribution in [-0.2, 0) is 11.2 Å². The highest BCUT2D eigenvalue weighted by atomic mass is 16.5. The molecule has 0 fully saturated rings. The third-order valence-corrected chi connectivity index (χ3v) is 3.35. The van der Waals surface area contributed by atoms with Gasteiger partial charge in [-0.05, 0) is 37.0 Å². The molecular weight excluding hydrogens is 238 g/mol. The number of hydrogen-bond acceptors (Lipinski definition) is 3. The minimum Gasteiger partial charge on any atom is -0.497 e. The van der Waals surface area contributed by atoms with Crippen molar-refractivity contribution in [2.45, 2.75) is 39.3 Å². The Balaban J connectivity index is 2.50. The van der Waals surface area contributed by atoms with Crippen LogP contribution in [0.25, 0.3) is 0 Å². The zero-order valence-corrected chi connectivity index (χ0v) is 12.8. The first kappa shape index (κ1) is 16.0. The molecule has 1 N–H and O–H groups in total. The average Bonchev–Trinajstić information content (AvgIpc) is 2.39. The van der Waals surface area contributed by atoms with Gasteiger partial charge < -0.3 is 14.8 Å². The van der Waals surface area contributed by atoms with Crippen LogP contribution in [0.5, 0.6) is 5.75 Å². The molecule has 1 aromatic rings. The number of nitrogens with one attached hydrogen (secondary N) is 1. The highest BCUT2D eigenvalue weighted by Gasteiger charge is 2.15. The van der Waals surface area contributed by atoms with Gasteiger partial charge in [-0.15, -0.1) is 0 Å². The number of hydrogen-bond donors (Lipinski definition) is 1. The Morgan fingerprint density at radius 2 is 1.68 bits per heavy atom. The van der Waals surface area contributed by atoms with Crippen LogP contribution in [0.1, 0.15) is 26.3 Å². The van der Waals surface area contributed by atoms with E-state index in [1.165, 1.54) is 5.56 Å². The fourth-order valence-corrected chi connectivity index (χ4v) is 2.15. The van der Waals surface area contributed by atoms with Gasteiger partial charge in [-0.1, -0.05) is 26.0 Å². The van der Waals surface area contributed by atoms with Gasteiger partial charge in [-0.2, -0.15) is 0 Å². The molecule has 0 radical (unpaired) electrons. The van der Waals surface area contributed by atoms with E-state index in [4.69, 9.17) is 9.47 Å². The van der Waals surface area contributed by atoms with Crippen LogP contribution in [-0.4, -0.2) is 32.9 Å². The number of rotatable bonds is 8. The van der Waals surface area contributed by atoms with Crippen LogP contribution in [0, 0.1) is 5.92 Å². The standard InChI is InChI=1S/C16H27NO2/c1-12(2)16(11-18-4)17-13(3)10-14-6-8-15(19-5)9-7-14/h6-9,12-13,16-17H,10-11H2,1-5H3. The van der Waals surface area contributed by atoms with Crippen molar-refractivity contribution in [2.75, 3.05) is 20.8 Å². The molecule has 0 spiro atoms. The predicted octanol–water partition coefficient (Wildman–Crippen LogP) is 2.89. The molecule has 0 aliphatic carbocycles. The van der Waals surface area contributed by atoms with Gasteiger partial charge in [0.25, 0.3) is 0 Å². The first-order chi connectivity index (χ1) is 9.06. The van der Waals surface area contributed by atoms with Gasteiger partial charge in [0.15, 0.2) is 0 Å². The van der Waals surface area contributed by atoms with Crippen molar-refractivity contribution < 1.29 is 9.47 Å². The zero-order chi connectivity index (χ0) is 14.3. The maximum Gasteiger partial charge on any atom is 0.118 e. The van der Waals surface area contributed by atoms with E-state index in [9.17, 15) is 0 Å². The summed E-state index contributed by atoms with van der Waals surface area (Å²) in [4.78, 5) is 0. The summed E-state index contributed by atoms with van der Waals surface area (Å²) < 4.78 is 10.4. The summed E-state index contributed by atoms with van der Waals surface area (Å²) in [5, 5.41) is 3.64. The molecule has 2 atom stereocenters. The third kappa shape index (κ3) is 5.62. The highest BCUT2D eigenvalue weighted by molar-refractivity contribution is 5.27.